The lowest BCUT2D eigenvalue weighted by Crippen LogP contribution is -2.50. The van der Waals surface area contributed by atoms with E-state index in [9.17, 15) is 14.4 Å². The zero-order chi connectivity index (χ0) is 22.5. The topological polar surface area (TPSA) is 110 Å². The molecule has 1 atom stereocenters. The summed E-state index contributed by atoms with van der Waals surface area (Å²) in [6, 6.07) is 7.39. The zero-order valence-electron chi connectivity index (χ0n) is 18.4. The van der Waals surface area contributed by atoms with Gasteiger partial charge in [0.2, 0.25) is 5.91 Å². The van der Waals surface area contributed by atoms with Gasteiger partial charge in [-0.05, 0) is 52.7 Å². The molecule has 2 rings (SSSR count). The molecule has 1 aromatic carbocycles. The largest absolute Gasteiger partial charge is 0.468 e. The summed E-state index contributed by atoms with van der Waals surface area (Å²) in [7, 11) is 1.24. The Morgan fingerprint density at radius 3 is 2.40 bits per heavy atom. The number of benzene rings is 1. The third-order valence-electron chi connectivity index (χ3n) is 4.63. The van der Waals surface area contributed by atoms with E-state index in [1.807, 2.05) is 30.5 Å². The van der Waals surface area contributed by atoms with Crippen molar-refractivity contribution in [3.63, 3.8) is 0 Å². The first-order chi connectivity index (χ1) is 13.9. The van der Waals surface area contributed by atoms with E-state index in [0.717, 1.165) is 16.5 Å². The number of ether oxygens (including phenoxy) is 2. The van der Waals surface area contributed by atoms with Gasteiger partial charge < -0.3 is 25.1 Å². The number of methoxy groups -OCH3 is 1. The van der Waals surface area contributed by atoms with Crippen LogP contribution in [0.4, 0.5) is 4.79 Å². The Bertz CT molecular complexity index is 911. The highest BCUT2D eigenvalue weighted by molar-refractivity contribution is 6.01. The van der Waals surface area contributed by atoms with Crippen molar-refractivity contribution in [3.8, 4) is 0 Å². The van der Waals surface area contributed by atoms with Crippen LogP contribution in [0.3, 0.4) is 0 Å². The van der Waals surface area contributed by atoms with E-state index in [1.54, 1.807) is 20.8 Å². The van der Waals surface area contributed by atoms with Crippen molar-refractivity contribution < 1.29 is 23.9 Å². The van der Waals surface area contributed by atoms with Crippen LogP contribution in [-0.2, 0) is 25.5 Å². The van der Waals surface area contributed by atoms with Gasteiger partial charge in [0, 0.05) is 23.6 Å². The minimum Gasteiger partial charge on any atom is -0.468 e. The van der Waals surface area contributed by atoms with Crippen LogP contribution >= 0.6 is 0 Å². The average Bonchev–Trinajstić information content (AvgIpc) is 3.06. The van der Waals surface area contributed by atoms with E-state index in [0.29, 0.717) is 6.42 Å². The number of hydrogen-bond acceptors (Lipinski definition) is 5. The van der Waals surface area contributed by atoms with Crippen LogP contribution in [-0.4, -0.2) is 48.3 Å². The number of amides is 2. The summed E-state index contributed by atoms with van der Waals surface area (Å²) < 4.78 is 10.1. The van der Waals surface area contributed by atoms with Gasteiger partial charge in [-0.2, -0.15) is 0 Å². The van der Waals surface area contributed by atoms with E-state index < -0.39 is 35.0 Å². The van der Waals surface area contributed by atoms with Gasteiger partial charge in [0.25, 0.3) is 0 Å². The smallest absolute Gasteiger partial charge is 0.407 e. The monoisotopic (exact) mass is 417 g/mol. The highest BCUT2D eigenvalue weighted by Gasteiger charge is 2.37. The van der Waals surface area contributed by atoms with Crippen LogP contribution in [0.15, 0.2) is 30.5 Å². The number of aromatic nitrogens is 1. The first-order valence-corrected chi connectivity index (χ1v) is 9.85. The molecule has 8 heteroatoms. The molecule has 8 nitrogen and oxygen atoms in total. The average molecular weight is 418 g/mol. The number of aromatic amines is 1. The lowest BCUT2D eigenvalue weighted by Gasteiger charge is -2.25. The Labute approximate surface area is 176 Å². The predicted molar refractivity (Wildman–Crippen MR) is 114 cm³/mol. The summed E-state index contributed by atoms with van der Waals surface area (Å²) in [5.74, 6) is -1.11. The molecule has 0 aliphatic rings. The van der Waals surface area contributed by atoms with Crippen molar-refractivity contribution in [2.24, 2.45) is 5.41 Å². The molecule has 0 spiro atoms. The van der Waals surface area contributed by atoms with Crippen LogP contribution in [0.5, 0.6) is 0 Å². The van der Waals surface area contributed by atoms with Crippen molar-refractivity contribution in [2.75, 3.05) is 13.7 Å². The van der Waals surface area contributed by atoms with Gasteiger partial charge in [0.1, 0.15) is 11.0 Å². The Morgan fingerprint density at radius 2 is 1.77 bits per heavy atom. The van der Waals surface area contributed by atoms with Crippen molar-refractivity contribution in [1.29, 1.82) is 0 Å². The SMILES string of the molecule is COC(=O)C(C)(C)C(=O)NCC(Cc1c[nH]c2ccccc12)NC(=O)OC(C)(C)C. The van der Waals surface area contributed by atoms with Gasteiger partial charge in [-0.1, -0.05) is 18.2 Å². The molecule has 1 aromatic heterocycles. The molecule has 1 unspecified atom stereocenters. The number of alkyl carbamates (subject to hydrolysis) is 1. The number of esters is 1. The van der Waals surface area contributed by atoms with Gasteiger partial charge in [-0.3, -0.25) is 9.59 Å². The maximum Gasteiger partial charge on any atom is 0.407 e. The van der Waals surface area contributed by atoms with Crippen molar-refractivity contribution in [1.82, 2.24) is 15.6 Å². The molecule has 2 amide bonds. The van der Waals surface area contributed by atoms with E-state index in [2.05, 4.69) is 15.6 Å². The van der Waals surface area contributed by atoms with Crippen LogP contribution < -0.4 is 10.6 Å². The van der Waals surface area contributed by atoms with Crippen LogP contribution in [0, 0.1) is 5.41 Å². The molecule has 164 valence electrons. The zero-order valence-corrected chi connectivity index (χ0v) is 18.4. The van der Waals surface area contributed by atoms with Crippen molar-refractivity contribution in [3.05, 3.63) is 36.0 Å². The van der Waals surface area contributed by atoms with Crippen LogP contribution in [0.2, 0.25) is 0 Å². The fourth-order valence-corrected chi connectivity index (χ4v) is 3.00. The molecule has 2 aromatic rings. The number of carbonyl (C=O) groups is 3. The second-order valence-electron chi connectivity index (χ2n) is 8.73. The molecular weight excluding hydrogens is 386 g/mol. The number of rotatable bonds is 7. The Balaban J connectivity index is 2.15. The van der Waals surface area contributed by atoms with E-state index in [-0.39, 0.29) is 6.54 Å². The fraction of sp³-hybridized carbons (Fsp3) is 0.500. The summed E-state index contributed by atoms with van der Waals surface area (Å²) in [6.07, 6.45) is 1.77. The fourth-order valence-electron chi connectivity index (χ4n) is 3.00. The first-order valence-electron chi connectivity index (χ1n) is 9.85. The number of nitrogens with one attached hydrogen (secondary N) is 3. The molecule has 0 radical (unpaired) electrons. The number of carbonyl (C=O) groups excluding carboxylic acids is 3. The summed E-state index contributed by atoms with van der Waals surface area (Å²) in [5, 5.41) is 6.60. The summed E-state index contributed by atoms with van der Waals surface area (Å²) in [5.41, 5.74) is -0.00937. The Morgan fingerprint density at radius 1 is 1.10 bits per heavy atom. The van der Waals surface area contributed by atoms with Gasteiger partial charge in [-0.25, -0.2) is 4.79 Å². The molecule has 3 N–H and O–H groups in total. The minimum absolute atomic E-state index is 0.123. The number of para-hydroxylation sites is 1. The summed E-state index contributed by atoms with van der Waals surface area (Å²) in [4.78, 5) is 40.0. The summed E-state index contributed by atoms with van der Waals surface area (Å²) >= 11 is 0. The van der Waals surface area contributed by atoms with Gasteiger partial charge >= 0.3 is 12.1 Å². The lowest BCUT2D eigenvalue weighted by molar-refractivity contribution is -0.156. The molecule has 0 aliphatic carbocycles. The van der Waals surface area contributed by atoms with Gasteiger partial charge in [0.05, 0.1) is 13.2 Å². The molecule has 30 heavy (non-hydrogen) atoms. The second-order valence-corrected chi connectivity index (χ2v) is 8.73. The van der Waals surface area contributed by atoms with Crippen LogP contribution in [0.1, 0.15) is 40.2 Å². The number of fused-ring (bicyclic) bond motifs is 1. The molecule has 0 saturated carbocycles. The molecule has 0 aliphatic heterocycles. The molecule has 0 bridgehead atoms. The predicted octanol–water partition coefficient (Wildman–Crippen LogP) is 2.92. The van der Waals surface area contributed by atoms with Crippen molar-refractivity contribution >= 4 is 28.9 Å². The quantitative estimate of drug-likeness (QED) is 0.474. The number of hydrogen-bond donors (Lipinski definition) is 3. The second kappa shape index (κ2) is 9.19. The van der Waals surface area contributed by atoms with E-state index >= 15 is 0 Å². The molecule has 0 saturated heterocycles. The highest BCUT2D eigenvalue weighted by atomic mass is 16.6. The normalized spacial score (nSPS) is 12.9. The maximum absolute atomic E-state index is 12.5. The third-order valence-corrected chi connectivity index (χ3v) is 4.63. The summed E-state index contributed by atoms with van der Waals surface area (Å²) in [6.45, 7) is 8.44. The van der Waals surface area contributed by atoms with E-state index in [1.165, 1.54) is 21.0 Å². The Kier molecular flexibility index (Phi) is 7.12. The van der Waals surface area contributed by atoms with Gasteiger partial charge in [0.15, 0.2) is 0 Å². The number of H-pyrrole nitrogens is 1. The van der Waals surface area contributed by atoms with Crippen molar-refractivity contribution in [2.45, 2.75) is 52.7 Å². The van der Waals surface area contributed by atoms with Crippen LogP contribution in [0.25, 0.3) is 10.9 Å². The Hall–Kier alpha value is -3.03. The lowest BCUT2D eigenvalue weighted by atomic mass is 9.92. The molecule has 0 fully saturated rings. The van der Waals surface area contributed by atoms with Gasteiger partial charge in [-0.15, -0.1) is 0 Å². The highest BCUT2D eigenvalue weighted by Crippen LogP contribution is 2.20. The first kappa shape index (κ1) is 23.3. The standard InChI is InChI=1S/C22H31N3O5/c1-21(2,3)30-20(28)25-15(13-24-18(26)22(4,5)19(27)29-6)11-14-12-23-17-10-8-7-9-16(14)17/h7-10,12,15,23H,11,13H2,1-6H3,(H,24,26)(H,25,28). The minimum atomic E-state index is -1.34. The van der Waals surface area contributed by atoms with E-state index in [4.69, 9.17) is 9.47 Å². The molecule has 1 heterocycles. The molecular formula is C22H31N3O5. The third kappa shape index (κ3) is 5.98. The maximum atomic E-state index is 12.5.